The molecule has 1 heterocycles. The summed E-state index contributed by atoms with van der Waals surface area (Å²) in [5, 5.41) is 0. The van der Waals surface area contributed by atoms with Gasteiger partial charge in [0, 0.05) is 0 Å². The smallest absolute Gasteiger partial charge is 0.317 e. The van der Waals surface area contributed by atoms with Crippen molar-refractivity contribution in [2.24, 2.45) is 23.7 Å². The number of esters is 2. The zero-order valence-electron chi connectivity index (χ0n) is 17.0. The average molecular weight is 386 g/mol. The van der Waals surface area contributed by atoms with Crippen molar-refractivity contribution in [1.29, 1.82) is 0 Å². The Kier molecular flexibility index (Phi) is 3.63. The number of carbonyl (C=O) groups is 2. The number of aryl methyl sites for hydroxylation is 4. The first-order chi connectivity index (χ1) is 14.0. The lowest BCUT2D eigenvalue weighted by Gasteiger charge is -2.52. The Bertz CT molecular complexity index is 968. The van der Waals surface area contributed by atoms with Crippen LogP contribution >= 0.6 is 0 Å². The van der Waals surface area contributed by atoms with Gasteiger partial charge in [-0.2, -0.15) is 0 Å². The topological polar surface area (TPSA) is 43.4 Å². The standard InChI is InChI=1S/C26H26O3/c1-13-3-5-15-7-9-17-21(19(15)11-13)22-18(24-23(17)25(27)29-26(24)28)10-8-16-6-4-14(2)12-20(16)22/h3-6,11-12,17-18,21-24H,7-10H2,1-2H3/t17-,18-,21-,22+,23+,24+/m0/s1. The molecule has 0 aromatic heterocycles. The summed E-state index contributed by atoms with van der Waals surface area (Å²) in [6.07, 6.45) is 3.91. The fourth-order valence-corrected chi connectivity index (χ4v) is 7.11. The third-order valence-corrected chi connectivity index (χ3v) is 8.18. The summed E-state index contributed by atoms with van der Waals surface area (Å²) >= 11 is 0. The number of rotatable bonds is 0. The Morgan fingerprint density at radius 1 is 0.690 bits per heavy atom. The van der Waals surface area contributed by atoms with E-state index in [0.717, 1.165) is 25.7 Å². The minimum atomic E-state index is -0.264. The number of ether oxygens (including phenoxy) is 1. The molecule has 1 aliphatic heterocycles. The maximum Gasteiger partial charge on any atom is 0.317 e. The molecule has 0 amide bonds. The molecule has 1 saturated heterocycles. The summed E-state index contributed by atoms with van der Waals surface area (Å²) in [6, 6.07) is 13.6. The van der Waals surface area contributed by atoms with Crippen LogP contribution in [-0.2, 0) is 27.2 Å². The van der Waals surface area contributed by atoms with Crippen LogP contribution in [0.3, 0.4) is 0 Å². The molecule has 6 rings (SSSR count). The van der Waals surface area contributed by atoms with Crippen molar-refractivity contribution < 1.29 is 14.3 Å². The van der Waals surface area contributed by atoms with Gasteiger partial charge in [-0.3, -0.25) is 9.59 Å². The van der Waals surface area contributed by atoms with Crippen LogP contribution in [-0.4, -0.2) is 11.9 Å². The highest BCUT2D eigenvalue weighted by molar-refractivity contribution is 5.97. The van der Waals surface area contributed by atoms with Crippen LogP contribution in [0.15, 0.2) is 36.4 Å². The van der Waals surface area contributed by atoms with Crippen molar-refractivity contribution in [3.63, 3.8) is 0 Å². The minimum Gasteiger partial charge on any atom is -0.393 e. The van der Waals surface area contributed by atoms with Gasteiger partial charge in [-0.15, -0.1) is 0 Å². The molecule has 6 atom stereocenters. The number of fused-ring (bicyclic) bond motifs is 10. The molecule has 2 fully saturated rings. The molecule has 29 heavy (non-hydrogen) atoms. The van der Waals surface area contributed by atoms with Crippen molar-refractivity contribution in [2.45, 2.75) is 51.4 Å². The third kappa shape index (κ3) is 2.36. The molecule has 0 radical (unpaired) electrons. The van der Waals surface area contributed by atoms with Crippen molar-refractivity contribution >= 4 is 11.9 Å². The Morgan fingerprint density at radius 3 is 1.59 bits per heavy atom. The van der Waals surface area contributed by atoms with Crippen LogP contribution in [0.25, 0.3) is 0 Å². The van der Waals surface area contributed by atoms with E-state index in [9.17, 15) is 9.59 Å². The van der Waals surface area contributed by atoms with Crippen LogP contribution in [0.2, 0.25) is 0 Å². The summed E-state index contributed by atoms with van der Waals surface area (Å²) in [7, 11) is 0. The SMILES string of the molecule is Cc1ccc2c(c1)[C@@H]1[C@H](CC2)[C@H]2C(=O)OC(=O)[C@@H]2[C@H]2CCc3ccc(C)cc3[C@@H]21. The molecule has 0 spiro atoms. The molecular weight excluding hydrogens is 360 g/mol. The van der Waals surface area contributed by atoms with Gasteiger partial charge in [0.25, 0.3) is 0 Å². The second kappa shape index (κ2) is 6.04. The van der Waals surface area contributed by atoms with Gasteiger partial charge in [0.15, 0.2) is 0 Å². The van der Waals surface area contributed by atoms with Gasteiger partial charge in [0.2, 0.25) is 0 Å². The van der Waals surface area contributed by atoms with Crippen LogP contribution < -0.4 is 0 Å². The van der Waals surface area contributed by atoms with Gasteiger partial charge in [0.05, 0.1) is 11.8 Å². The van der Waals surface area contributed by atoms with Crippen LogP contribution in [0.5, 0.6) is 0 Å². The Hall–Kier alpha value is -2.42. The first-order valence-corrected chi connectivity index (χ1v) is 11.0. The molecule has 3 nitrogen and oxygen atoms in total. The highest BCUT2D eigenvalue weighted by Gasteiger charge is 2.62. The third-order valence-electron chi connectivity index (χ3n) is 8.18. The zero-order valence-corrected chi connectivity index (χ0v) is 17.0. The van der Waals surface area contributed by atoms with Gasteiger partial charge in [-0.1, -0.05) is 47.5 Å². The van der Waals surface area contributed by atoms with E-state index >= 15 is 0 Å². The molecule has 0 bridgehead atoms. The van der Waals surface area contributed by atoms with E-state index in [1.807, 2.05) is 0 Å². The molecule has 3 heteroatoms. The van der Waals surface area contributed by atoms with E-state index in [1.165, 1.54) is 33.4 Å². The highest BCUT2D eigenvalue weighted by Crippen LogP contribution is 2.63. The summed E-state index contributed by atoms with van der Waals surface area (Å²) in [6.45, 7) is 4.30. The quantitative estimate of drug-likeness (QED) is 0.490. The summed E-state index contributed by atoms with van der Waals surface area (Å²) in [5.74, 6) is -0.0583. The molecule has 4 aliphatic rings. The van der Waals surface area contributed by atoms with Crippen molar-refractivity contribution in [1.82, 2.24) is 0 Å². The minimum absolute atomic E-state index is 0.195. The lowest BCUT2D eigenvalue weighted by molar-refractivity contribution is -0.154. The average Bonchev–Trinajstić information content (AvgIpc) is 3.01. The maximum atomic E-state index is 12.8. The van der Waals surface area contributed by atoms with Gasteiger partial charge in [0.1, 0.15) is 0 Å². The van der Waals surface area contributed by atoms with Gasteiger partial charge in [-0.25, -0.2) is 0 Å². The predicted molar refractivity (Wildman–Crippen MR) is 110 cm³/mol. The van der Waals surface area contributed by atoms with E-state index in [2.05, 4.69) is 50.2 Å². The second-order valence-electron chi connectivity index (χ2n) is 9.65. The number of hydrogen-bond acceptors (Lipinski definition) is 3. The lowest BCUT2D eigenvalue weighted by Crippen LogP contribution is -2.48. The van der Waals surface area contributed by atoms with Crippen LogP contribution in [0.4, 0.5) is 0 Å². The molecule has 3 aliphatic carbocycles. The number of benzene rings is 2. The van der Waals surface area contributed by atoms with Gasteiger partial charge in [-0.05, 0) is 85.5 Å². The van der Waals surface area contributed by atoms with E-state index in [0.29, 0.717) is 11.8 Å². The molecule has 2 aromatic rings. The summed E-state index contributed by atoms with van der Waals surface area (Å²) in [5.41, 5.74) is 8.22. The molecule has 0 N–H and O–H groups in total. The van der Waals surface area contributed by atoms with Gasteiger partial charge < -0.3 is 4.74 Å². The largest absolute Gasteiger partial charge is 0.393 e. The highest BCUT2D eigenvalue weighted by atomic mass is 16.6. The fourth-order valence-electron chi connectivity index (χ4n) is 7.11. The molecule has 0 unspecified atom stereocenters. The van der Waals surface area contributed by atoms with Crippen molar-refractivity contribution in [3.05, 3.63) is 69.8 Å². The van der Waals surface area contributed by atoms with E-state index in [4.69, 9.17) is 4.74 Å². The Balaban J connectivity index is 1.60. The summed E-state index contributed by atoms with van der Waals surface area (Å²) < 4.78 is 5.25. The second-order valence-corrected chi connectivity index (χ2v) is 9.65. The van der Waals surface area contributed by atoms with Crippen LogP contribution in [0.1, 0.15) is 58.1 Å². The first-order valence-electron chi connectivity index (χ1n) is 11.0. The molecular formula is C26H26O3. The van der Waals surface area contributed by atoms with E-state index in [1.54, 1.807) is 0 Å². The first kappa shape index (κ1) is 17.4. The fraction of sp³-hybridized carbons (Fsp3) is 0.462. The molecule has 148 valence electrons. The Labute approximate surface area is 171 Å². The molecule has 2 aromatic carbocycles. The number of hydrogen-bond donors (Lipinski definition) is 0. The normalized spacial score (nSPS) is 34.4. The van der Waals surface area contributed by atoms with Crippen molar-refractivity contribution in [2.75, 3.05) is 0 Å². The lowest BCUT2D eigenvalue weighted by atomic mass is 9.49. The zero-order chi connectivity index (χ0) is 19.9. The van der Waals surface area contributed by atoms with E-state index in [-0.39, 0.29) is 35.6 Å². The van der Waals surface area contributed by atoms with E-state index < -0.39 is 0 Å². The Morgan fingerprint density at radius 2 is 1.14 bits per heavy atom. The number of cyclic esters (lactones) is 2. The summed E-state index contributed by atoms with van der Waals surface area (Å²) in [4.78, 5) is 25.6. The number of carbonyl (C=O) groups excluding carboxylic acids is 2. The predicted octanol–water partition coefficient (Wildman–Crippen LogP) is 4.63. The van der Waals surface area contributed by atoms with Crippen LogP contribution in [0, 0.1) is 37.5 Å². The molecule has 1 saturated carbocycles. The maximum absolute atomic E-state index is 12.8. The monoisotopic (exact) mass is 386 g/mol. The van der Waals surface area contributed by atoms with Gasteiger partial charge >= 0.3 is 11.9 Å². The van der Waals surface area contributed by atoms with Crippen molar-refractivity contribution in [3.8, 4) is 0 Å².